The van der Waals surface area contributed by atoms with Gasteiger partial charge in [0.2, 0.25) is 5.91 Å². The molecule has 2 amide bonds. The van der Waals surface area contributed by atoms with Gasteiger partial charge in [-0.2, -0.15) is 13.2 Å². The van der Waals surface area contributed by atoms with Gasteiger partial charge in [0.15, 0.2) is 0 Å². The van der Waals surface area contributed by atoms with E-state index in [9.17, 15) is 22.8 Å². The van der Waals surface area contributed by atoms with Crippen LogP contribution in [0.3, 0.4) is 0 Å². The Balaban J connectivity index is 1.95. The fourth-order valence-electron chi connectivity index (χ4n) is 2.50. The molecule has 126 valence electrons. The fraction of sp³-hybridized carbons (Fsp3) is 0.467. The summed E-state index contributed by atoms with van der Waals surface area (Å²) in [5, 5.41) is 2.61. The number of likely N-dealkylation sites (tertiary alicyclic amines) is 1. The third-order valence-electron chi connectivity index (χ3n) is 3.68. The second kappa shape index (κ2) is 7.25. The predicted molar refractivity (Wildman–Crippen MR) is 80.9 cm³/mol. The molecular weight excluding hydrogens is 329 g/mol. The first-order chi connectivity index (χ1) is 10.8. The first-order valence-corrected chi connectivity index (χ1v) is 8.34. The lowest BCUT2D eigenvalue weighted by Gasteiger charge is -2.24. The zero-order chi connectivity index (χ0) is 17.0. The molecule has 0 aliphatic carbocycles. The second-order valence-electron chi connectivity index (χ2n) is 5.22. The number of thioether (sulfide) groups is 1. The summed E-state index contributed by atoms with van der Waals surface area (Å²) in [5.41, 5.74) is 0.850. The molecule has 1 saturated heterocycles. The molecule has 1 aliphatic heterocycles. The highest BCUT2D eigenvalue weighted by atomic mass is 32.2. The molecule has 0 radical (unpaired) electrons. The van der Waals surface area contributed by atoms with Gasteiger partial charge in [-0.15, -0.1) is 11.8 Å². The largest absolute Gasteiger partial charge is 0.471 e. The number of nitrogens with one attached hydrogen (secondary N) is 1. The van der Waals surface area contributed by atoms with Crippen molar-refractivity contribution < 1.29 is 22.8 Å². The zero-order valence-electron chi connectivity index (χ0n) is 12.5. The maximum Gasteiger partial charge on any atom is 0.471 e. The molecule has 1 aliphatic rings. The summed E-state index contributed by atoms with van der Waals surface area (Å²) in [7, 11) is 0. The molecule has 1 N–H and O–H groups in total. The lowest BCUT2D eigenvalue weighted by molar-refractivity contribution is -0.186. The average molecular weight is 346 g/mol. The molecule has 0 aromatic heterocycles. The van der Waals surface area contributed by atoms with Crippen LogP contribution in [0.1, 0.15) is 18.4 Å². The molecule has 0 spiro atoms. The Kier molecular flexibility index (Phi) is 5.56. The van der Waals surface area contributed by atoms with Crippen molar-refractivity contribution in [3.63, 3.8) is 0 Å². The van der Waals surface area contributed by atoms with Gasteiger partial charge in [-0.05, 0) is 36.8 Å². The van der Waals surface area contributed by atoms with Crippen molar-refractivity contribution >= 4 is 23.6 Å². The summed E-state index contributed by atoms with van der Waals surface area (Å²) in [4.78, 5) is 25.2. The number of carbonyl (C=O) groups excluding carboxylic acids is 2. The van der Waals surface area contributed by atoms with E-state index in [1.807, 2.05) is 30.5 Å². The van der Waals surface area contributed by atoms with Crippen LogP contribution in [-0.4, -0.2) is 41.7 Å². The smallest absolute Gasteiger partial charge is 0.350 e. The summed E-state index contributed by atoms with van der Waals surface area (Å²) in [6, 6.07) is 6.45. The first kappa shape index (κ1) is 17.7. The summed E-state index contributed by atoms with van der Waals surface area (Å²) < 4.78 is 37.6. The van der Waals surface area contributed by atoms with Gasteiger partial charge in [-0.25, -0.2) is 0 Å². The Morgan fingerprint density at radius 3 is 2.52 bits per heavy atom. The Labute approximate surface area is 136 Å². The number of carbonyl (C=O) groups is 2. The van der Waals surface area contributed by atoms with Crippen LogP contribution in [0.4, 0.5) is 13.2 Å². The van der Waals surface area contributed by atoms with Crippen LogP contribution >= 0.6 is 11.8 Å². The van der Waals surface area contributed by atoms with Crippen LogP contribution in [0, 0.1) is 0 Å². The molecule has 1 aromatic carbocycles. The highest BCUT2D eigenvalue weighted by molar-refractivity contribution is 7.98. The van der Waals surface area contributed by atoms with Crippen LogP contribution in [0.15, 0.2) is 29.2 Å². The number of rotatable bonds is 4. The molecule has 1 heterocycles. The molecule has 2 rings (SSSR count). The van der Waals surface area contributed by atoms with Crippen molar-refractivity contribution in [1.82, 2.24) is 10.2 Å². The van der Waals surface area contributed by atoms with Crippen LogP contribution in [0.5, 0.6) is 0 Å². The fourth-order valence-corrected chi connectivity index (χ4v) is 2.90. The summed E-state index contributed by atoms with van der Waals surface area (Å²) >= 11 is 1.59. The normalized spacial score (nSPS) is 18.1. The van der Waals surface area contributed by atoms with E-state index in [0.717, 1.165) is 10.5 Å². The number of alkyl halides is 3. The monoisotopic (exact) mass is 346 g/mol. The topological polar surface area (TPSA) is 49.4 Å². The van der Waals surface area contributed by atoms with E-state index in [-0.39, 0.29) is 19.5 Å². The number of nitrogens with zero attached hydrogens (tertiary/aromatic N) is 1. The third-order valence-corrected chi connectivity index (χ3v) is 4.43. The van der Waals surface area contributed by atoms with E-state index in [1.165, 1.54) is 0 Å². The summed E-state index contributed by atoms with van der Waals surface area (Å²) in [6.45, 7) is 0.177. The minimum atomic E-state index is -4.95. The highest BCUT2D eigenvalue weighted by Crippen LogP contribution is 2.25. The highest BCUT2D eigenvalue weighted by Gasteiger charge is 2.47. The SMILES string of the molecule is CSc1ccc(CNC(=O)C2CCCN2C(=O)C(F)(F)F)cc1. The van der Waals surface area contributed by atoms with Gasteiger partial charge >= 0.3 is 12.1 Å². The third kappa shape index (κ3) is 4.40. The average Bonchev–Trinajstić information content (AvgIpc) is 3.00. The summed E-state index contributed by atoms with van der Waals surface area (Å²) in [6.07, 6.45) is -2.36. The molecule has 1 atom stereocenters. The lowest BCUT2D eigenvalue weighted by atomic mass is 10.2. The Morgan fingerprint density at radius 2 is 1.96 bits per heavy atom. The maximum absolute atomic E-state index is 12.5. The van der Waals surface area contributed by atoms with Crippen molar-refractivity contribution in [2.45, 2.75) is 36.5 Å². The van der Waals surface area contributed by atoms with E-state index in [0.29, 0.717) is 11.3 Å². The van der Waals surface area contributed by atoms with Crippen molar-refractivity contribution in [3.8, 4) is 0 Å². The van der Waals surface area contributed by atoms with Gasteiger partial charge in [-0.3, -0.25) is 9.59 Å². The van der Waals surface area contributed by atoms with Gasteiger partial charge in [-0.1, -0.05) is 12.1 Å². The standard InChI is InChI=1S/C15H17F3N2O2S/c1-23-11-6-4-10(5-7-11)9-19-13(21)12-3-2-8-20(12)14(22)15(16,17)18/h4-7,12H,2-3,8-9H2,1H3,(H,19,21). The van der Waals surface area contributed by atoms with E-state index in [1.54, 1.807) is 11.8 Å². The molecule has 0 saturated carbocycles. The van der Waals surface area contributed by atoms with Gasteiger partial charge in [0.25, 0.3) is 0 Å². The maximum atomic E-state index is 12.5. The van der Waals surface area contributed by atoms with E-state index in [2.05, 4.69) is 5.32 Å². The van der Waals surface area contributed by atoms with Crippen LogP contribution in [0.2, 0.25) is 0 Å². The van der Waals surface area contributed by atoms with Crippen LogP contribution < -0.4 is 5.32 Å². The van der Waals surface area contributed by atoms with Crippen LogP contribution in [-0.2, 0) is 16.1 Å². The van der Waals surface area contributed by atoms with Gasteiger partial charge < -0.3 is 10.2 Å². The Morgan fingerprint density at radius 1 is 1.30 bits per heavy atom. The van der Waals surface area contributed by atoms with Crippen molar-refractivity contribution in [2.75, 3.05) is 12.8 Å². The van der Waals surface area contributed by atoms with E-state index in [4.69, 9.17) is 0 Å². The minimum absolute atomic E-state index is 0.0428. The summed E-state index contributed by atoms with van der Waals surface area (Å²) in [5.74, 6) is -2.49. The van der Waals surface area contributed by atoms with E-state index < -0.39 is 24.0 Å². The van der Waals surface area contributed by atoms with E-state index >= 15 is 0 Å². The molecular formula is C15H17F3N2O2S. The Hall–Kier alpha value is -1.70. The van der Waals surface area contributed by atoms with Crippen molar-refractivity contribution in [1.29, 1.82) is 0 Å². The molecule has 23 heavy (non-hydrogen) atoms. The van der Waals surface area contributed by atoms with Gasteiger partial charge in [0.1, 0.15) is 6.04 Å². The molecule has 1 aromatic rings. The molecule has 1 unspecified atom stereocenters. The Bertz CT molecular complexity index is 575. The predicted octanol–water partition coefficient (Wildman–Crippen LogP) is 2.58. The minimum Gasteiger partial charge on any atom is -0.350 e. The molecule has 1 fully saturated rings. The van der Waals surface area contributed by atoms with Gasteiger partial charge in [0.05, 0.1) is 0 Å². The number of hydrogen-bond donors (Lipinski definition) is 1. The lowest BCUT2D eigenvalue weighted by Crippen LogP contribution is -2.50. The number of amides is 2. The quantitative estimate of drug-likeness (QED) is 0.853. The number of halogens is 3. The molecule has 8 heteroatoms. The van der Waals surface area contributed by atoms with Crippen molar-refractivity contribution in [3.05, 3.63) is 29.8 Å². The number of benzene rings is 1. The van der Waals surface area contributed by atoms with Crippen molar-refractivity contribution in [2.24, 2.45) is 0 Å². The molecule has 0 bridgehead atoms. The molecule has 4 nitrogen and oxygen atoms in total. The zero-order valence-corrected chi connectivity index (χ0v) is 13.3. The van der Waals surface area contributed by atoms with Crippen LogP contribution in [0.25, 0.3) is 0 Å². The number of hydrogen-bond acceptors (Lipinski definition) is 3. The first-order valence-electron chi connectivity index (χ1n) is 7.11. The second-order valence-corrected chi connectivity index (χ2v) is 6.10. The van der Waals surface area contributed by atoms with Gasteiger partial charge in [0, 0.05) is 18.0 Å².